The Balaban J connectivity index is 2.29. The van der Waals surface area contributed by atoms with Crippen molar-refractivity contribution in [3.63, 3.8) is 0 Å². The summed E-state index contributed by atoms with van der Waals surface area (Å²) in [6.45, 7) is 1.40. The van der Waals surface area contributed by atoms with Crippen molar-refractivity contribution in [2.75, 3.05) is 20.1 Å². The van der Waals surface area contributed by atoms with Crippen LogP contribution in [0.1, 0.15) is 5.76 Å². The average molecular weight is 212 g/mol. The van der Waals surface area contributed by atoms with Crippen molar-refractivity contribution >= 4 is 11.6 Å². The fraction of sp³-hybridized carbons (Fsp3) is 0.455. The van der Waals surface area contributed by atoms with Crippen molar-refractivity contribution in [3.8, 4) is 12.3 Å². The third-order valence-corrected chi connectivity index (χ3v) is 2.17. The van der Waals surface area contributed by atoms with Crippen molar-refractivity contribution in [2.24, 2.45) is 0 Å². The van der Waals surface area contributed by atoms with Crippen LogP contribution in [0.15, 0.2) is 22.8 Å². The van der Waals surface area contributed by atoms with Gasteiger partial charge < -0.3 is 4.42 Å². The van der Waals surface area contributed by atoms with Crippen LogP contribution in [0.2, 0.25) is 0 Å². The molecule has 1 rings (SSSR count). The second kappa shape index (κ2) is 5.74. The minimum absolute atomic E-state index is 0.0412. The molecule has 0 spiro atoms. The number of alkyl halides is 1. The van der Waals surface area contributed by atoms with Crippen molar-refractivity contribution in [1.29, 1.82) is 0 Å². The van der Waals surface area contributed by atoms with Gasteiger partial charge in [-0.2, -0.15) is 0 Å². The van der Waals surface area contributed by atoms with Crippen molar-refractivity contribution < 1.29 is 4.42 Å². The van der Waals surface area contributed by atoms with E-state index in [1.54, 1.807) is 6.26 Å². The standard InChI is InChI=1S/C11H14ClNO/c1-3-6-13(2)9-10(12)8-11-5-4-7-14-11/h1,4-5,7,10H,6,8-9H2,2H3/t10-/m0/s1. The Kier molecular flexibility index (Phi) is 4.58. The number of halogens is 1. The molecule has 3 heteroatoms. The molecule has 0 amide bonds. The van der Waals surface area contributed by atoms with Crippen molar-refractivity contribution in [2.45, 2.75) is 11.8 Å². The van der Waals surface area contributed by atoms with Crippen LogP contribution in [0, 0.1) is 12.3 Å². The maximum atomic E-state index is 6.13. The Morgan fingerprint density at radius 1 is 1.71 bits per heavy atom. The highest BCUT2D eigenvalue weighted by atomic mass is 35.5. The van der Waals surface area contributed by atoms with E-state index in [0.717, 1.165) is 18.7 Å². The molecule has 0 N–H and O–H groups in total. The molecule has 1 aromatic heterocycles. The van der Waals surface area contributed by atoms with Gasteiger partial charge in [-0.1, -0.05) is 5.92 Å². The fourth-order valence-electron chi connectivity index (χ4n) is 1.27. The molecule has 0 aliphatic rings. The molecule has 14 heavy (non-hydrogen) atoms. The van der Waals surface area contributed by atoms with E-state index in [-0.39, 0.29) is 5.38 Å². The monoisotopic (exact) mass is 211 g/mol. The summed E-state index contributed by atoms with van der Waals surface area (Å²) in [4.78, 5) is 2.01. The third-order valence-electron chi connectivity index (χ3n) is 1.87. The number of hydrogen-bond donors (Lipinski definition) is 0. The zero-order chi connectivity index (χ0) is 10.4. The van der Waals surface area contributed by atoms with Crippen LogP contribution in [0.3, 0.4) is 0 Å². The molecule has 0 aromatic carbocycles. The quantitative estimate of drug-likeness (QED) is 0.547. The Morgan fingerprint density at radius 2 is 2.50 bits per heavy atom. The molecule has 1 heterocycles. The number of nitrogens with zero attached hydrogens (tertiary/aromatic N) is 1. The fourth-order valence-corrected chi connectivity index (χ4v) is 1.66. The highest BCUT2D eigenvalue weighted by molar-refractivity contribution is 6.20. The summed E-state index contributed by atoms with van der Waals surface area (Å²) in [5.41, 5.74) is 0. The van der Waals surface area contributed by atoms with Crippen LogP contribution in [-0.2, 0) is 6.42 Å². The van der Waals surface area contributed by atoms with Gasteiger partial charge in [-0.15, -0.1) is 18.0 Å². The second-order valence-corrected chi connectivity index (χ2v) is 3.90. The van der Waals surface area contributed by atoms with Crippen molar-refractivity contribution in [1.82, 2.24) is 4.90 Å². The van der Waals surface area contributed by atoms with E-state index in [2.05, 4.69) is 5.92 Å². The first kappa shape index (κ1) is 11.2. The van der Waals surface area contributed by atoms with Crippen LogP contribution < -0.4 is 0 Å². The van der Waals surface area contributed by atoms with E-state index < -0.39 is 0 Å². The summed E-state index contributed by atoms with van der Waals surface area (Å²) in [5.74, 6) is 3.49. The van der Waals surface area contributed by atoms with E-state index >= 15 is 0 Å². The lowest BCUT2D eigenvalue weighted by Gasteiger charge is -2.16. The SMILES string of the molecule is C#CCN(C)C[C@@H](Cl)Cc1ccco1. The normalized spacial score (nSPS) is 12.7. The molecule has 0 unspecified atom stereocenters. The molecular weight excluding hydrogens is 198 g/mol. The highest BCUT2D eigenvalue weighted by Gasteiger charge is 2.10. The molecule has 1 atom stereocenters. The maximum absolute atomic E-state index is 6.13. The second-order valence-electron chi connectivity index (χ2n) is 3.28. The predicted molar refractivity (Wildman–Crippen MR) is 58.4 cm³/mol. The smallest absolute Gasteiger partial charge is 0.105 e. The molecule has 1 aromatic rings. The number of hydrogen-bond acceptors (Lipinski definition) is 2. The summed E-state index contributed by atoms with van der Waals surface area (Å²) in [7, 11) is 1.96. The minimum Gasteiger partial charge on any atom is -0.469 e. The van der Waals surface area contributed by atoms with Gasteiger partial charge in [0.05, 0.1) is 18.2 Å². The van der Waals surface area contributed by atoms with Gasteiger partial charge in [-0.05, 0) is 19.2 Å². The molecule has 0 saturated heterocycles. The van der Waals surface area contributed by atoms with Crippen LogP contribution in [0.25, 0.3) is 0 Å². The Hall–Kier alpha value is -0.910. The van der Waals surface area contributed by atoms with Gasteiger partial charge in [0.2, 0.25) is 0 Å². The molecule has 0 radical (unpaired) electrons. The summed E-state index contributed by atoms with van der Waals surface area (Å²) in [6.07, 6.45) is 7.58. The van der Waals surface area contributed by atoms with Crippen LogP contribution in [0.5, 0.6) is 0 Å². The van der Waals surface area contributed by atoms with Gasteiger partial charge in [0.1, 0.15) is 5.76 Å². The Bertz CT molecular complexity index is 289. The first-order chi connectivity index (χ1) is 6.72. The van der Waals surface area contributed by atoms with Gasteiger partial charge in [-0.25, -0.2) is 0 Å². The molecule has 2 nitrogen and oxygen atoms in total. The summed E-state index contributed by atoms with van der Waals surface area (Å²) < 4.78 is 5.20. The lowest BCUT2D eigenvalue weighted by atomic mass is 10.2. The molecular formula is C11H14ClNO. The van der Waals surface area contributed by atoms with Gasteiger partial charge in [0.15, 0.2) is 0 Å². The average Bonchev–Trinajstić information content (AvgIpc) is 2.56. The van der Waals surface area contributed by atoms with E-state index in [0.29, 0.717) is 6.54 Å². The number of terminal acetylenes is 1. The first-order valence-electron chi connectivity index (χ1n) is 4.51. The van der Waals surface area contributed by atoms with E-state index in [1.807, 2.05) is 24.1 Å². The maximum Gasteiger partial charge on any atom is 0.105 e. The lowest BCUT2D eigenvalue weighted by molar-refractivity contribution is 0.365. The lowest BCUT2D eigenvalue weighted by Crippen LogP contribution is -2.27. The predicted octanol–water partition coefficient (Wildman–Crippen LogP) is 1.99. The van der Waals surface area contributed by atoms with E-state index in [1.165, 1.54) is 0 Å². The van der Waals surface area contributed by atoms with E-state index in [4.69, 9.17) is 22.4 Å². The zero-order valence-electron chi connectivity index (χ0n) is 8.24. The zero-order valence-corrected chi connectivity index (χ0v) is 9.00. The molecule has 0 aliphatic carbocycles. The third kappa shape index (κ3) is 3.87. The van der Waals surface area contributed by atoms with Crippen molar-refractivity contribution in [3.05, 3.63) is 24.2 Å². The van der Waals surface area contributed by atoms with Crippen LogP contribution >= 0.6 is 11.6 Å². The molecule has 0 bridgehead atoms. The summed E-state index contributed by atoms with van der Waals surface area (Å²) >= 11 is 6.13. The number of rotatable bonds is 5. The molecule has 0 fully saturated rings. The molecule has 0 aliphatic heterocycles. The summed E-state index contributed by atoms with van der Waals surface area (Å²) in [6, 6.07) is 3.79. The van der Waals surface area contributed by atoms with Gasteiger partial charge in [0, 0.05) is 13.0 Å². The summed E-state index contributed by atoms with van der Waals surface area (Å²) in [5, 5.41) is 0.0412. The number of furan rings is 1. The minimum atomic E-state index is 0.0412. The topological polar surface area (TPSA) is 16.4 Å². The molecule has 76 valence electrons. The van der Waals surface area contributed by atoms with Gasteiger partial charge >= 0.3 is 0 Å². The Morgan fingerprint density at radius 3 is 3.07 bits per heavy atom. The van der Waals surface area contributed by atoms with Gasteiger partial charge in [-0.3, -0.25) is 4.90 Å². The largest absolute Gasteiger partial charge is 0.469 e. The van der Waals surface area contributed by atoms with Crippen LogP contribution in [-0.4, -0.2) is 30.4 Å². The first-order valence-corrected chi connectivity index (χ1v) is 4.94. The van der Waals surface area contributed by atoms with Gasteiger partial charge in [0.25, 0.3) is 0 Å². The molecule has 0 saturated carbocycles. The van der Waals surface area contributed by atoms with E-state index in [9.17, 15) is 0 Å². The highest BCUT2D eigenvalue weighted by Crippen LogP contribution is 2.09. The van der Waals surface area contributed by atoms with Crippen LogP contribution in [0.4, 0.5) is 0 Å². The Labute approximate surface area is 89.8 Å².